The number of fused-ring (bicyclic) bond motifs is 1. The van der Waals surface area contributed by atoms with Crippen LogP contribution < -0.4 is 10.1 Å². The molecule has 0 saturated carbocycles. The second-order valence-corrected chi connectivity index (χ2v) is 10.3. The molecule has 0 aliphatic heterocycles. The van der Waals surface area contributed by atoms with Gasteiger partial charge in [0, 0.05) is 11.1 Å². The van der Waals surface area contributed by atoms with E-state index in [9.17, 15) is 22.9 Å². The summed E-state index contributed by atoms with van der Waals surface area (Å²) in [6.07, 6.45) is 0. The third-order valence-corrected chi connectivity index (χ3v) is 7.06. The quantitative estimate of drug-likeness (QED) is 0.155. The molecule has 0 unspecified atom stereocenters. The average Bonchev–Trinajstić information content (AvgIpc) is 2.83. The van der Waals surface area contributed by atoms with E-state index in [0.29, 0.717) is 39.4 Å². The van der Waals surface area contributed by atoms with Gasteiger partial charge in [0.1, 0.15) is 22.0 Å². The molecule has 0 heterocycles. The third-order valence-electron chi connectivity index (χ3n) is 5.41. The molecule has 4 aromatic carbocycles. The Kier molecular flexibility index (Phi) is 7.89. The molecular weight excluding hydrogens is 553 g/mol. The Morgan fingerprint density at radius 2 is 1.76 bits per heavy atom. The Hall–Kier alpha value is -3.70. The van der Waals surface area contributed by atoms with Gasteiger partial charge in [-0.1, -0.05) is 47.5 Å². The summed E-state index contributed by atoms with van der Waals surface area (Å²) < 4.78 is 38.9. The number of benzene rings is 4. The molecule has 0 spiro atoms. The van der Waals surface area contributed by atoms with Crippen LogP contribution in [0.25, 0.3) is 10.8 Å². The van der Waals surface area contributed by atoms with Crippen molar-refractivity contribution in [2.45, 2.75) is 18.7 Å². The van der Waals surface area contributed by atoms with Crippen LogP contribution in [0.3, 0.4) is 0 Å². The van der Waals surface area contributed by atoms with Gasteiger partial charge in [0.05, 0.1) is 22.2 Å². The van der Waals surface area contributed by atoms with Gasteiger partial charge in [-0.25, -0.2) is 0 Å². The van der Waals surface area contributed by atoms with Gasteiger partial charge in [-0.05, 0) is 61.2 Å². The molecule has 0 radical (unpaired) electrons. The molecule has 38 heavy (non-hydrogen) atoms. The van der Waals surface area contributed by atoms with Crippen LogP contribution >= 0.6 is 23.2 Å². The van der Waals surface area contributed by atoms with Gasteiger partial charge in [0.15, 0.2) is 5.75 Å². The second kappa shape index (κ2) is 11.0. The van der Waals surface area contributed by atoms with Crippen LogP contribution in [-0.2, 0) is 10.1 Å². The van der Waals surface area contributed by atoms with E-state index in [1.165, 1.54) is 24.3 Å². The number of amides is 1. The molecule has 0 atom stereocenters. The van der Waals surface area contributed by atoms with Crippen LogP contribution in [0.5, 0.6) is 11.5 Å². The minimum Gasteiger partial charge on any atom is -0.505 e. The lowest BCUT2D eigenvalue weighted by atomic mass is 10.0. The summed E-state index contributed by atoms with van der Waals surface area (Å²) in [7, 11) is -4.74. The van der Waals surface area contributed by atoms with E-state index >= 15 is 0 Å². The number of hydrogen-bond acceptors (Lipinski definition) is 7. The van der Waals surface area contributed by atoms with Crippen molar-refractivity contribution >= 4 is 67.1 Å². The number of phenolic OH excluding ortho intramolecular Hbond substituents is 1. The van der Waals surface area contributed by atoms with Crippen LogP contribution in [0.15, 0.2) is 75.8 Å². The number of anilines is 1. The van der Waals surface area contributed by atoms with Gasteiger partial charge in [-0.3, -0.25) is 9.35 Å². The van der Waals surface area contributed by atoms with E-state index in [2.05, 4.69) is 15.5 Å². The van der Waals surface area contributed by atoms with Crippen LogP contribution in [0.1, 0.15) is 22.8 Å². The summed E-state index contributed by atoms with van der Waals surface area (Å²) in [6.45, 7) is 3.90. The predicted molar refractivity (Wildman–Crippen MR) is 146 cm³/mol. The normalized spacial score (nSPS) is 11.7. The first-order valence-corrected chi connectivity index (χ1v) is 13.4. The molecule has 0 aliphatic rings. The van der Waals surface area contributed by atoms with E-state index < -0.39 is 26.7 Å². The van der Waals surface area contributed by atoms with Crippen LogP contribution in [-0.4, -0.2) is 30.6 Å². The maximum absolute atomic E-state index is 13.2. The second-order valence-electron chi connectivity index (χ2n) is 8.14. The number of aromatic hydroxyl groups is 1. The number of carbonyl (C=O) groups excluding carboxylic acids is 1. The number of rotatable bonds is 7. The number of halogens is 2. The topological polar surface area (TPSA) is 138 Å². The highest BCUT2D eigenvalue weighted by molar-refractivity contribution is 7.86. The standard InChI is InChI=1S/C26H21Cl2N3O6S/c1-3-37-22-9-8-16(13-19(22)27)29-26(33)18-12-15-6-4-5-7-17(15)23(24(18)32)31-30-21-11-14(2)10-20(28)25(21)38(34,35)36/h4-13,32H,3H2,1-2H3,(H,29,33)(H,34,35,36). The summed E-state index contributed by atoms with van der Waals surface area (Å²) in [6, 6.07) is 15.8. The fourth-order valence-electron chi connectivity index (χ4n) is 3.79. The van der Waals surface area contributed by atoms with Gasteiger partial charge in [0.25, 0.3) is 16.0 Å². The molecule has 0 aliphatic carbocycles. The van der Waals surface area contributed by atoms with Crippen LogP contribution in [0.4, 0.5) is 17.1 Å². The van der Waals surface area contributed by atoms with Crippen molar-refractivity contribution in [1.29, 1.82) is 0 Å². The molecule has 4 aromatic rings. The summed E-state index contributed by atoms with van der Waals surface area (Å²) in [5, 5.41) is 22.9. The minimum atomic E-state index is -4.74. The molecule has 0 aromatic heterocycles. The zero-order chi connectivity index (χ0) is 27.6. The van der Waals surface area contributed by atoms with Crippen molar-refractivity contribution in [3.05, 3.63) is 81.8 Å². The van der Waals surface area contributed by atoms with Gasteiger partial charge < -0.3 is 15.2 Å². The molecule has 12 heteroatoms. The molecule has 3 N–H and O–H groups in total. The maximum Gasteiger partial charge on any atom is 0.298 e. The summed E-state index contributed by atoms with van der Waals surface area (Å²) in [5.74, 6) is -0.680. The predicted octanol–water partition coefficient (Wildman–Crippen LogP) is 7.47. The summed E-state index contributed by atoms with van der Waals surface area (Å²) >= 11 is 12.3. The molecule has 0 saturated heterocycles. The number of nitrogens with one attached hydrogen (secondary N) is 1. The van der Waals surface area contributed by atoms with Crippen molar-refractivity contribution in [3.8, 4) is 11.5 Å². The van der Waals surface area contributed by atoms with Crippen molar-refractivity contribution in [2.24, 2.45) is 10.2 Å². The first kappa shape index (κ1) is 27.3. The fraction of sp³-hybridized carbons (Fsp3) is 0.115. The largest absolute Gasteiger partial charge is 0.505 e. The van der Waals surface area contributed by atoms with Crippen LogP contribution in [0, 0.1) is 6.92 Å². The lowest BCUT2D eigenvalue weighted by Crippen LogP contribution is -2.12. The number of aryl methyl sites for hydroxylation is 1. The van der Waals surface area contributed by atoms with Gasteiger partial charge >= 0.3 is 0 Å². The third kappa shape index (κ3) is 5.73. The Morgan fingerprint density at radius 1 is 1.03 bits per heavy atom. The molecule has 4 rings (SSSR count). The zero-order valence-corrected chi connectivity index (χ0v) is 22.4. The monoisotopic (exact) mass is 573 g/mol. The van der Waals surface area contributed by atoms with E-state index in [1.54, 1.807) is 43.3 Å². The van der Waals surface area contributed by atoms with Crippen LogP contribution in [0.2, 0.25) is 10.0 Å². The average molecular weight is 574 g/mol. The number of nitrogens with zero attached hydrogens (tertiary/aromatic N) is 2. The number of phenols is 1. The van der Waals surface area contributed by atoms with E-state index in [1.807, 2.05) is 6.92 Å². The highest BCUT2D eigenvalue weighted by Gasteiger charge is 2.22. The Morgan fingerprint density at radius 3 is 2.45 bits per heavy atom. The Bertz CT molecular complexity index is 1710. The van der Waals surface area contributed by atoms with Gasteiger partial charge in [-0.15, -0.1) is 10.2 Å². The molecule has 196 valence electrons. The van der Waals surface area contributed by atoms with Crippen molar-refractivity contribution in [2.75, 3.05) is 11.9 Å². The lowest BCUT2D eigenvalue weighted by Gasteiger charge is -2.12. The maximum atomic E-state index is 13.2. The molecule has 1 amide bonds. The summed E-state index contributed by atoms with van der Waals surface area (Å²) in [4.78, 5) is 12.5. The lowest BCUT2D eigenvalue weighted by molar-refractivity contribution is 0.102. The smallest absolute Gasteiger partial charge is 0.298 e. The fourth-order valence-corrected chi connectivity index (χ4v) is 5.25. The Balaban J connectivity index is 1.80. The highest BCUT2D eigenvalue weighted by Crippen LogP contribution is 2.41. The van der Waals surface area contributed by atoms with Gasteiger partial charge in [0.2, 0.25) is 0 Å². The minimum absolute atomic E-state index is 0.0862. The van der Waals surface area contributed by atoms with E-state index in [4.69, 9.17) is 27.9 Å². The van der Waals surface area contributed by atoms with Gasteiger partial charge in [-0.2, -0.15) is 8.42 Å². The Labute approximate surface area is 228 Å². The number of azo groups is 1. The van der Waals surface area contributed by atoms with E-state index in [-0.39, 0.29) is 22.0 Å². The summed E-state index contributed by atoms with van der Waals surface area (Å²) in [5.41, 5.74) is 0.496. The number of hydrogen-bond donors (Lipinski definition) is 3. The highest BCUT2D eigenvalue weighted by atomic mass is 35.5. The van der Waals surface area contributed by atoms with Crippen molar-refractivity contribution < 1.29 is 27.6 Å². The molecule has 0 bridgehead atoms. The molecule has 0 fully saturated rings. The van der Waals surface area contributed by atoms with Crippen molar-refractivity contribution in [1.82, 2.24) is 0 Å². The first-order chi connectivity index (χ1) is 18.0. The SMILES string of the molecule is CCOc1ccc(NC(=O)c2cc3ccccc3c(N=Nc3cc(C)cc(Cl)c3S(=O)(=O)O)c2O)cc1Cl. The number of carbonyl (C=O) groups is 1. The number of ether oxygens (including phenoxy) is 1. The van der Waals surface area contributed by atoms with Crippen molar-refractivity contribution in [3.63, 3.8) is 0 Å². The zero-order valence-electron chi connectivity index (χ0n) is 20.1. The van der Waals surface area contributed by atoms with E-state index in [0.717, 1.165) is 0 Å². The molecule has 9 nitrogen and oxygen atoms in total. The molecular formula is C26H21Cl2N3O6S. The first-order valence-electron chi connectivity index (χ1n) is 11.2.